The van der Waals surface area contributed by atoms with E-state index in [9.17, 15) is 13.2 Å². The van der Waals surface area contributed by atoms with Gasteiger partial charge in [-0.25, -0.2) is 4.31 Å². The van der Waals surface area contributed by atoms with Crippen LogP contribution in [0.5, 0.6) is 0 Å². The fourth-order valence-electron chi connectivity index (χ4n) is 2.86. The number of hydrogen-bond acceptors (Lipinski definition) is 4. The molecule has 0 fully saturated rings. The molecule has 0 spiro atoms. The van der Waals surface area contributed by atoms with Crippen molar-refractivity contribution in [2.24, 2.45) is 0 Å². The van der Waals surface area contributed by atoms with E-state index in [0.717, 1.165) is 32.1 Å². The summed E-state index contributed by atoms with van der Waals surface area (Å²) >= 11 is 0. The van der Waals surface area contributed by atoms with E-state index >= 15 is 0 Å². The summed E-state index contributed by atoms with van der Waals surface area (Å²) in [6.45, 7) is 3.87. The van der Waals surface area contributed by atoms with Gasteiger partial charge in [-0.1, -0.05) is 70.4 Å². The SMILES string of the molecule is CCCCCCCC/C=C\CCCCCCCC(=O)N(C)S(=O)(=O)OCC.[NaH]. The van der Waals surface area contributed by atoms with Crippen LogP contribution in [0.3, 0.4) is 0 Å². The van der Waals surface area contributed by atoms with Crippen molar-refractivity contribution in [2.75, 3.05) is 13.7 Å². The van der Waals surface area contributed by atoms with Crippen molar-refractivity contribution in [3.63, 3.8) is 0 Å². The van der Waals surface area contributed by atoms with Crippen LogP contribution in [0, 0.1) is 0 Å². The first kappa shape index (κ1) is 30.3. The summed E-state index contributed by atoms with van der Waals surface area (Å²) in [6, 6.07) is 0. The van der Waals surface area contributed by atoms with Crippen LogP contribution in [0.4, 0.5) is 0 Å². The topological polar surface area (TPSA) is 63.7 Å². The molecule has 28 heavy (non-hydrogen) atoms. The predicted molar refractivity (Wildman–Crippen MR) is 120 cm³/mol. The van der Waals surface area contributed by atoms with Crippen LogP contribution >= 0.6 is 0 Å². The second-order valence-electron chi connectivity index (χ2n) is 7.06. The van der Waals surface area contributed by atoms with E-state index in [1.165, 1.54) is 58.4 Å². The van der Waals surface area contributed by atoms with E-state index < -0.39 is 16.2 Å². The molecule has 5 nitrogen and oxygen atoms in total. The molecule has 0 aromatic carbocycles. The Morgan fingerprint density at radius 2 is 1.29 bits per heavy atom. The Morgan fingerprint density at radius 1 is 0.821 bits per heavy atom. The maximum absolute atomic E-state index is 11.9. The predicted octanol–water partition coefficient (Wildman–Crippen LogP) is 5.12. The number of nitrogens with zero attached hydrogens (tertiary/aromatic N) is 1. The first-order valence-electron chi connectivity index (χ1n) is 10.8. The summed E-state index contributed by atoms with van der Waals surface area (Å²) in [6.07, 6.45) is 20.4. The van der Waals surface area contributed by atoms with E-state index in [1.807, 2.05) is 0 Å². The molecule has 0 unspecified atom stereocenters. The van der Waals surface area contributed by atoms with Crippen molar-refractivity contribution >= 4 is 45.8 Å². The second-order valence-corrected chi connectivity index (χ2v) is 8.70. The Labute approximate surface area is 196 Å². The van der Waals surface area contributed by atoms with Gasteiger partial charge in [0.2, 0.25) is 5.91 Å². The first-order valence-corrected chi connectivity index (χ1v) is 12.1. The minimum atomic E-state index is -3.90. The molecule has 0 radical (unpaired) electrons. The van der Waals surface area contributed by atoms with Crippen LogP contribution in [-0.2, 0) is 19.3 Å². The molecule has 0 bridgehead atoms. The molecule has 162 valence electrons. The number of hydrogen-bond donors (Lipinski definition) is 0. The second kappa shape index (κ2) is 20.4. The molecule has 0 aliphatic rings. The molecular weight excluding hydrogens is 385 g/mol. The van der Waals surface area contributed by atoms with Crippen molar-refractivity contribution in [3.8, 4) is 0 Å². The summed E-state index contributed by atoms with van der Waals surface area (Å²) < 4.78 is 28.5. The number of unbranched alkanes of at least 4 members (excludes halogenated alkanes) is 11. The number of allylic oxidation sites excluding steroid dienone is 2. The minimum absolute atomic E-state index is 0. The summed E-state index contributed by atoms with van der Waals surface area (Å²) in [4.78, 5) is 11.9. The third-order valence-electron chi connectivity index (χ3n) is 4.61. The molecular formula is C21H42NNaO4S. The molecule has 0 heterocycles. The molecule has 0 saturated heterocycles. The Hall–Kier alpha value is 0.120. The standard InChI is InChI=1S/C21H41NO4S.Na.H/c1-4-6-7-8-9-10-11-12-13-14-15-16-17-18-19-20-21(23)22(3)27(24,25)26-5-2;;/h12-13H,4-11,14-20H2,1-3H3;;/b13-12-;;. The van der Waals surface area contributed by atoms with Crippen molar-refractivity contribution < 1.29 is 17.4 Å². The van der Waals surface area contributed by atoms with Gasteiger partial charge < -0.3 is 0 Å². The Bertz CT molecular complexity index is 495. The van der Waals surface area contributed by atoms with E-state index in [-0.39, 0.29) is 42.6 Å². The van der Waals surface area contributed by atoms with Crippen LogP contribution in [0.15, 0.2) is 12.2 Å². The fourth-order valence-corrected chi connectivity index (χ4v) is 3.65. The van der Waals surface area contributed by atoms with E-state index in [2.05, 4.69) is 23.3 Å². The molecule has 0 atom stereocenters. The monoisotopic (exact) mass is 427 g/mol. The summed E-state index contributed by atoms with van der Waals surface area (Å²) in [5.41, 5.74) is 0. The van der Waals surface area contributed by atoms with Gasteiger partial charge in [-0.2, -0.15) is 8.42 Å². The number of carbonyl (C=O) groups is 1. The van der Waals surface area contributed by atoms with E-state index in [4.69, 9.17) is 0 Å². The van der Waals surface area contributed by atoms with Gasteiger partial charge in [-0.05, 0) is 39.0 Å². The molecule has 0 saturated carbocycles. The number of amides is 1. The zero-order valence-corrected chi connectivity index (χ0v) is 18.6. The van der Waals surface area contributed by atoms with Crippen LogP contribution in [0.25, 0.3) is 0 Å². The maximum atomic E-state index is 11.9. The van der Waals surface area contributed by atoms with E-state index in [0.29, 0.717) is 4.31 Å². The molecule has 0 aliphatic carbocycles. The molecule has 0 aromatic rings. The third-order valence-corrected chi connectivity index (χ3v) is 6.01. The summed E-state index contributed by atoms with van der Waals surface area (Å²) in [5.74, 6) is -0.402. The van der Waals surface area contributed by atoms with Gasteiger partial charge >= 0.3 is 39.9 Å². The van der Waals surface area contributed by atoms with Gasteiger partial charge in [0.1, 0.15) is 0 Å². The molecule has 7 heteroatoms. The van der Waals surface area contributed by atoms with Gasteiger partial charge in [0.15, 0.2) is 0 Å². The molecule has 1 amide bonds. The zero-order chi connectivity index (χ0) is 20.4. The normalized spacial score (nSPS) is 11.5. The summed E-state index contributed by atoms with van der Waals surface area (Å²) in [7, 11) is -2.65. The van der Waals surface area contributed by atoms with Gasteiger partial charge in [0, 0.05) is 13.5 Å². The average Bonchev–Trinajstić information content (AvgIpc) is 2.64. The Balaban J connectivity index is 0. The zero-order valence-electron chi connectivity index (χ0n) is 17.7. The van der Waals surface area contributed by atoms with Crippen LogP contribution in [0.1, 0.15) is 104 Å². The molecule has 0 aromatic heterocycles. The van der Waals surface area contributed by atoms with Crippen molar-refractivity contribution in [1.29, 1.82) is 0 Å². The van der Waals surface area contributed by atoms with Crippen LogP contribution < -0.4 is 0 Å². The average molecular weight is 428 g/mol. The van der Waals surface area contributed by atoms with Gasteiger partial charge in [0.25, 0.3) is 0 Å². The van der Waals surface area contributed by atoms with Crippen molar-refractivity contribution in [3.05, 3.63) is 12.2 Å². The fraction of sp³-hybridized carbons (Fsp3) is 0.857. The van der Waals surface area contributed by atoms with Gasteiger partial charge in [-0.15, -0.1) is 0 Å². The van der Waals surface area contributed by atoms with Crippen LogP contribution in [0.2, 0.25) is 0 Å². The number of rotatable bonds is 18. The van der Waals surface area contributed by atoms with Crippen molar-refractivity contribution in [1.82, 2.24) is 4.31 Å². The van der Waals surface area contributed by atoms with Crippen molar-refractivity contribution in [2.45, 2.75) is 104 Å². The van der Waals surface area contributed by atoms with Gasteiger partial charge in [0.05, 0.1) is 6.61 Å². The quantitative estimate of drug-likeness (QED) is 0.173. The Kier molecular flexibility index (Phi) is 22.1. The van der Waals surface area contributed by atoms with E-state index in [1.54, 1.807) is 6.92 Å². The molecule has 0 aliphatic heterocycles. The Morgan fingerprint density at radius 3 is 1.79 bits per heavy atom. The van der Waals surface area contributed by atoms with Gasteiger partial charge in [-0.3, -0.25) is 8.98 Å². The van der Waals surface area contributed by atoms with Crippen LogP contribution in [-0.4, -0.2) is 61.8 Å². The third kappa shape index (κ3) is 17.0. The number of carbonyl (C=O) groups excluding carboxylic acids is 1. The molecule has 0 N–H and O–H groups in total. The summed E-state index contributed by atoms with van der Waals surface area (Å²) in [5, 5.41) is 0. The molecule has 0 rings (SSSR count). The first-order chi connectivity index (χ1) is 13.0.